The van der Waals surface area contributed by atoms with Gasteiger partial charge in [-0.05, 0) is 36.6 Å². The van der Waals surface area contributed by atoms with Gasteiger partial charge in [0.25, 0.3) is 0 Å². The van der Waals surface area contributed by atoms with E-state index < -0.39 is 5.97 Å². The molecule has 1 unspecified atom stereocenters. The van der Waals surface area contributed by atoms with Gasteiger partial charge in [-0.15, -0.1) is 0 Å². The molecule has 0 spiro atoms. The molecule has 2 heterocycles. The molecule has 0 bridgehead atoms. The molecule has 6 heteroatoms. The number of hydrogen-bond acceptors (Lipinski definition) is 5. The Hall–Kier alpha value is -2.76. The molecule has 6 nitrogen and oxygen atoms in total. The molecule has 3 rings (SSSR count). The van der Waals surface area contributed by atoms with Crippen molar-refractivity contribution < 1.29 is 19.4 Å². The van der Waals surface area contributed by atoms with Gasteiger partial charge in [0, 0.05) is 24.7 Å². The maximum Gasteiger partial charge on any atom is 0.303 e. The van der Waals surface area contributed by atoms with Gasteiger partial charge in [-0.1, -0.05) is 12.1 Å². The zero-order valence-corrected chi connectivity index (χ0v) is 14.0. The predicted octanol–water partition coefficient (Wildman–Crippen LogP) is 2.99. The Morgan fingerprint density at radius 1 is 1.36 bits per heavy atom. The lowest BCUT2D eigenvalue weighted by Gasteiger charge is -2.24. The van der Waals surface area contributed by atoms with Gasteiger partial charge in [0.2, 0.25) is 0 Å². The largest absolute Gasteiger partial charge is 0.493 e. The Bertz CT molecular complexity index is 706. The molecule has 132 valence electrons. The first-order valence-corrected chi connectivity index (χ1v) is 8.46. The topological polar surface area (TPSA) is 80.7 Å². The van der Waals surface area contributed by atoms with E-state index in [0.717, 1.165) is 42.3 Å². The third kappa shape index (κ3) is 5.11. The van der Waals surface area contributed by atoms with Gasteiger partial charge < -0.3 is 19.9 Å². The fraction of sp³-hybridized carbons (Fsp3) is 0.368. The summed E-state index contributed by atoms with van der Waals surface area (Å²) in [6, 6.07) is 11.5. The summed E-state index contributed by atoms with van der Waals surface area (Å²) in [5.74, 6) is 1.69. The average Bonchev–Trinajstić information content (AvgIpc) is 2.62. The third-order valence-electron chi connectivity index (χ3n) is 4.05. The van der Waals surface area contributed by atoms with Crippen molar-refractivity contribution in [1.82, 2.24) is 4.98 Å². The molecule has 1 aliphatic rings. The highest BCUT2D eigenvalue weighted by atomic mass is 16.5. The van der Waals surface area contributed by atoms with E-state index in [0.29, 0.717) is 13.2 Å². The number of benzene rings is 1. The molecular weight excluding hydrogens is 320 g/mol. The zero-order valence-electron chi connectivity index (χ0n) is 14.0. The van der Waals surface area contributed by atoms with E-state index in [2.05, 4.69) is 10.3 Å². The summed E-state index contributed by atoms with van der Waals surface area (Å²) < 4.78 is 11.5. The van der Waals surface area contributed by atoms with Crippen molar-refractivity contribution in [3.05, 3.63) is 48.2 Å². The number of carboxylic acid groups (broad SMARTS) is 1. The van der Waals surface area contributed by atoms with Gasteiger partial charge in [0.05, 0.1) is 19.6 Å². The molecule has 0 aliphatic carbocycles. The first-order chi connectivity index (χ1) is 12.2. The van der Waals surface area contributed by atoms with Crippen LogP contribution in [0.2, 0.25) is 0 Å². The lowest BCUT2D eigenvalue weighted by molar-refractivity contribution is -0.138. The fourth-order valence-electron chi connectivity index (χ4n) is 2.83. The monoisotopic (exact) mass is 342 g/mol. The van der Waals surface area contributed by atoms with Crippen LogP contribution in [0.1, 0.15) is 18.4 Å². The van der Waals surface area contributed by atoms with E-state index in [-0.39, 0.29) is 12.3 Å². The van der Waals surface area contributed by atoms with Crippen LogP contribution in [0, 0.1) is 5.92 Å². The lowest BCUT2D eigenvalue weighted by Crippen LogP contribution is -2.23. The van der Waals surface area contributed by atoms with Crippen molar-refractivity contribution in [3.8, 4) is 11.5 Å². The number of rotatable bonds is 8. The Kier molecular flexibility index (Phi) is 5.72. The second kappa shape index (κ2) is 8.37. The van der Waals surface area contributed by atoms with Gasteiger partial charge in [0.1, 0.15) is 17.3 Å². The predicted molar refractivity (Wildman–Crippen MR) is 94.2 cm³/mol. The maximum atomic E-state index is 10.8. The van der Waals surface area contributed by atoms with E-state index in [9.17, 15) is 4.79 Å². The van der Waals surface area contributed by atoms with Crippen LogP contribution in [-0.2, 0) is 11.2 Å². The van der Waals surface area contributed by atoms with Crippen LogP contribution in [0.25, 0.3) is 0 Å². The van der Waals surface area contributed by atoms with Crippen LogP contribution in [0.5, 0.6) is 11.5 Å². The highest BCUT2D eigenvalue weighted by Gasteiger charge is 2.22. The fourth-order valence-corrected chi connectivity index (χ4v) is 2.83. The number of fused-ring (bicyclic) bond motifs is 1. The van der Waals surface area contributed by atoms with Gasteiger partial charge in [-0.25, -0.2) is 4.98 Å². The quantitative estimate of drug-likeness (QED) is 0.718. The van der Waals surface area contributed by atoms with Gasteiger partial charge in [0.15, 0.2) is 0 Å². The van der Waals surface area contributed by atoms with Crippen LogP contribution in [-0.4, -0.2) is 35.8 Å². The SMILES string of the molecule is O=C(O)CC1COc2cc(OCCCNc3ccccn3)ccc2C1. The summed E-state index contributed by atoms with van der Waals surface area (Å²) >= 11 is 0. The average molecular weight is 342 g/mol. The molecule has 2 N–H and O–H groups in total. The number of anilines is 1. The molecular formula is C19H22N2O4. The molecule has 1 aromatic heterocycles. The number of carbonyl (C=O) groups is 1. The van der Waals surface area contributed by atoms with Crippen LogP contribution in [0.4, 0.5) is 5.82 Å². The van der Waals surface area contributed by atoms with Crippen molar-refractivity contribution >= 4 is 11.8 Å². The third-order valence-corrected chi connectivity index (χ3v) is 4.05. The molecule has 0 radical (unpaired) electrons. The van der Waals surface area contributed by atoms with Crippen molar-refractivity contribution in [2.45, 2.75) is 19.3 Å². The Morgan fingerprint density at radius 2 is 2.28 bits per heavy atom. The van der Waals surface area contributed by atoms with Gasteiger partial charge in [-0.3, -0.25) is 4.79 Å². The number of hydrogen-bond donors (Lipinski definition) is 2. The number of nitrogens with one attached hydrogen (secondary N) is 1. The van der Waals surface area contributed by atoms with E-state index >= 15 is 0 Å². The highest BCUT2D eigenvalue weighted by Crippen LogP contribution is 2.32. The molecule has 0 saturated heterocycles. The molecule has 0 amide bonds. The molecule has 0 fully saturated rings. The molecule has 2 aromatic rings. The maximum absolute atomic E-state index is 10.8. The number of pyridine rings is 1. The van der Waals surface area contributed by atoms with Crippen LogP contribution < -0.4 is 14.8 Å². The van der Waals surface area contributed by atoms with Crippen molar-refractivity contribution in [2.24, 2.45) is 5.92 Å². The molecule has 0 saturated carbocycles. The zero-order chi connectivity index (χ0) is 17.5. The van der Waals surface area contributed by atoms with E-state index in [4.69, 9.17) is 14.6 Å². The van der Waals surface area contributed by atoms with Crippen LogP contribution >= 0.6 is 0 Å². The van der Waals surface area contributed by atoms with Crippen molar-refractivity contribution in [3.63, 3.8) is 0 Å². The number of aliphatic carboxylic acids is 1. The summed E-state index contributed by atoms with van der Waals surface area (Å²) in [5, 5.41) is 12.1. The minimum atomic E-state index is -0.781. The number of nitrogens with zero attached hydrogens (tertiary/aromatic N) is 1. The Labute approximate surface area is 146 Å². The van der Waals surface area contributed by atoms with E-state index in [1.54, 1.807) is 6.20 Å². The molecule has 1 aromatic carbocycles. The van der Waals surface area contributed by atoms with E-state index in [1.165, 1.54) is 0 Å². The summed E-state index contributed by atoms with van der Waals surface area (Å²) in [6.45, 7) is 1.83. The summed E-state index contributed by atoms with van der Waals surface area (Å²) in [7, 11) is 0. The highest BCUT2D eigenvalue weighted by molar-refractivity contribution is 5.67. The smallest absolute Gasteiger partial charge is 0.303 e. The Morgan fingerprint density at radius 3 is 3.08 bits per heavy atom. The summed E-state index contributed by atoms with van der Waals surface area (Å²) in [6.07, 6.45) is 3.49. The van der Waals surface area contributed by atoms with Crippen LogP contribution in [0.3, 0.4) is 0 Å². The standard InChI is InChI=1S/C19H22N2O4/c22-19(23)11-14-10-15-5-6-16(12-17(15)25-13-14)24-9-3-8-21-18-4-1-2-7-20-18/h1-2,4-7,12,14H,3,8-11,13H2,(H,20,21)(H,22,23). The Balaban J connectivity index is 1.43. The molecule has 1 atom stereocenters. The van der Waals surface area contributed by atoms with Gasteiger partial charge in [-0.2, -0.15) is 0 Å². The molecule has 1 aliphatic heterocycles. The second-order valence-corrected chi connectivity index (χ2v) is 6.09. The number of ether oxygens (including phenoxy) is 2. The first kappa shape index (κ1) is 17.1. The summed E-state index contributed by atoms with van der Waals surface area (Å²) in [5.41, 5.74) is 1.04. The van der Waals surface area contributed by atoms with Crippen molar-refractivity contribution in [1.29, 1.82) is 0 Å². The second-order valence-electron chi connectivity index (χ2n) is 6.09. The molecule has 25 heavy (non-hydrogen) atoms. The van der Waals surface area contributed by atoms with Crippen LogP contribution in [0.15, 0.2) is 42.6 Å². The number of aromatic nitrogens is 1. The first-order valence-electron chi connectivity index (χ1n) is 8.46. The summed E-state index contributed by atoms with van der Waals surface area (Å²) in [4.78, 5) is 15.0. The normalized spacial score (nSPS) is 15.8. The van der Waals surface area contributed by atoms with Crippen molar-refractivity contribution in [2.75, 3.05) is 25.1 Å². The van der Waals surface area contributed by atoms with E-state index in [1.807, 2.05) is 36.4 Å². The number of carboxylic acids is 1. The van der Waals surface area contributed by atoms with Gasteiger partial charge >= 0.3 is 5.97 Å². The minimum Gasteiger partial charge on any atom is -0.493 e. The lowest BCUT2D eigenvalue weighted by atomic mass is 9.94. The minimum absolute atomic E-state index is 0.0365.